The van der Waals surface area contributed by atoms with Crippen molar-refractivity contribution < 1.29 is 4.39 Å². The summed E-state index contributed by atoms with van der Waals surface area (Å²) in [5.41, 5.74) is 9.07. The number of aromatic nitrogens is 7. The van der Waals surface area contributed by atoms with E-state index in [1.807, 2.05) is 24.5 Å². The lowest BCUT2D eigenvalue weighted by molar-refractivity contribution is 0.334. The highest BCUT2D eigenvalue weighted by Crippen LogP contribution is 2.35. The van der Waals surface area contributed by atoms with Crippen molar-refractivity contribution in [2.45, 2.75) is 44.9 Å². The number of fused-ring (bicyclic) bond motifs is 2. The summed E-state index contributed by atoms with van der Waals surface area (Å²) in [4.78, 5) is 24.5. The molecule has 10 heteroatoms. The maximum Gasteiger partial charge on any atom is 0.159 e. The Labute approximate surface area is 266 Å². The monoisotopic (exact) mass is 613 g/mol. The molecule has 0 radical (unpaired) electrons. The predicted molar refractivity (Wildman–Crippen MR) is 179 cm³/mol. The van der Waals surface area contributed by atoms with Crippen LogP contribution in [0, 0.1) is 11.7 Å². The molecule has 0 spiro atoms. The Kier molecular flexibility index (Phi) is 7.49. The van der Waals surface area contributed by atoms with Crippen LogP contribution < -0.4 is 5.32 Å². The van der Waals surface area contributed by atoms with Gasteiger partial charge in [-0.1, -0.05) is 19.1 Å². The number of aryl methyl sites for hydroxylation is 1. The van der Waals surface area contributed by atoms with Gasteiger partial charge in [0.05, 0.1) is 46.5 Å². The molecular formula is C36H36FN9. The number of allylic oxidation sites excluding steroid dienone is 1. The summed E-state index contributed by atoms with van der Waals surface area (Å²) >= 11 is 0. The average Bonchev–Trinajstić information content (AvgIpc) is 3.79. The number of aromatic amines is 2. The largest absolute Gasteiger partial charge is 0.358 e. The number of hydrogen-bond acceptors (Lipinski definition) is 7. The summed E-state index contributed by atoms with van der Waals surface area (Å²) in [5.74, 6) is 0.875. The molecule has 0 amide bonds. The molecule has 3 N–H and O–H groups in total. The number of benzene rings is 1. The van der Waals surface area contributed by atoms with Crippen LogP contribution in [0.4, 0.5) is 10.1 Å². The summed E-state index contributed by atoms with van der Waals surface area (Å²) in [6.45, 7) is 7.62. The average molecular weight is 614 g/mol. The van der Waals surface area contributed by atoms with Crippen LogP contribution in [0.3, 0.4) is 0 Å². The third kappa shape index (κ3) is 5.64. The Hall–Kier alpha value is -4.96. The Bertz CT molecular complexity index is 2050. The fraction of sp³-hybridized carbons (Fsp3) is 0.306. The van der Waals surface area contributed by atoms with Crippen molar-refractivity contribution in [1.82, 2.24) is 40.0 Å². The molecule has 0 bridgehead atoms. The highest BCUT2D eigenvalue weighted by Gasteiger charge is 2.21. The molecule has 2 fully saturated rings. The van der Waals surface area contributed by atoms with E-state index >= 15 is 0 Å². The number of H-pyrrole nitrogens is 2. The van der Waals surface area contributed by atoms with Gasteiger partial charge in [0.25, 0.3) is 0 Å². The second-order valence-electron chi connectivity index (χ2n) is 12.6. The normalized spacial score (nSPS) is 15.5. The molecule has 6 aromatic rings. The molecule has 2 aliphatic rings. The molecule has 6 heterocycles. The van der Waals surface area contributed by atoms with Crippen molar-refractivity contribution in [3.63, 3.8) is 0 Å². The molecule has 0 unspecified atom stereocenters. The number of rotatable bonds is 10. The van der Waals surface area contributed by atoms with Crippen molar-refractivity contribution in [3.05, 3.63) is 85.0 Å². The molecule has 1 aliphatic carbocycles. The van der Waals surface area contributed by atoms with Crippen LogP contribution in [-0.4, -0.2) is 59.7 Å². The second-order valence-corrected chi connectivity index (χ2v) is 12.6. The maximum absolute atomic E-state index is 14.9. The Morgan fingerprint density at radius 3 is 2.65 bits per heavy atom. The highest BCUT2D eigenvalue weighted by molar-refractivity contribution is 5.97. The first kappa shape index (κ1) is 28.5. The number of anilines is 1. The zero-order chi connectivity index (χ0) is 31.0. The van der Waals surface area contributed by atoms with Gasteiger partial charge in [0, 0.05) is 34.6 Å². The predicted octanol–water partition coefficient (Wildman–Crippen LogP) is 7.52. The Morgan fingerprint density at radius 2 is 1.80 bits per heavy atom. The van der Waals surface area contributed by atoms with Crippen LogP contribution >= 0.6 is 0 Å². The number of likely N-dealkylation sites (tertiary alicyclic amines) is 1. The van der Waals surface area contributed by atoms with Gasteiger partial charge in [0.2, 0.25) is 0 Å². The van der Waals surface area contributed by atoms with Crippen LogP contribution in [-0.2, 0) is 6.42 Å². The lowest BCUT2D eigenvalue weighted by Gasteiger charge is -2.28. The van der Waals surface area contributed by atoms with E-state index in [1.165, 1.54) is 45.2 Å². The maximum atomic E-state index is 14.9. The fourth-order valence-electron chi connectivity index (χ4n) is 6.67. The number of imidazole rings is 1. The lowest BCUT2D eigenvalue weighted by Crippen LogP contribution is -2.20. The highest BCUT2D eigenvalue weighted by atomic mass is 19.1. The van der Waals surface area contributed by atoms with Gasteiger partial charge in [-0.15, -0.1) is 0 Å². The van der Waals surface area contributed by atoms with E-state index in [9.17, 15) is 4.39 Å². The Balaban J connectivity index is 1.09. The van der Waals surface area contributed by atoms with Crippen LogP contribution in [0.1, 0.15) is 44.1 Å². The minimum Gasteiger partial charge on any atom is -0.358 e. The van der Waals surface area contributed by atoms with Crippen LogP contribution in [0.15, 0.2) is 73.6 Å². The summed E-state index contributed by atoms with van der Waals surface area (Å²) in [6.07, 6.45) is 16.9. The summed E-state index contributed by atoms with van der Waals surface area (Å²) < 4.78 is 14.9. The minimum absolute atomic E-state index is 0.249. The van der Waals surface area contributed by atoms with Gasteiger partial charge in [-0.2, -0.15) is 5.10 Å². The molecule has 1 saturated carbocycles. The van der Waals surface area contributed by atoms with Crippen molar-refractivity contribution in [3.8, 4) is 33.9 Å². The van der Waals surface area contributed by atoms with Gasteiger partial charge in [-0.3, -0.25) is 20.1 Å². The summed E-state index contributed by atoms with van der Waals surface area (Å²) in [6, 6.07) is 9.32. The SMILES string of the molecule is C=C(Nc1cncc(-c2cc3c(-c4nc5c(-c6cc(F)cc(CCCN7CCCC7)c6)cncc5[nH]4)n[nH]c3cn2)c1)C1CCC1. The van der Waals surface area contributed by atoms with E-state index in [-0.39, 0.29) is 5.82 Å². The van der Waals surface area contributed by atoms with Crippen LogP contribution in [0.25, 0.3) is 55.8 Å². The number of nitrogens with one attached hydrogen (secondary N) is 3. The van der Waals surface area contributed by atoms with E-state index in [0.29, 0.717) is 17.4 Å². The van der Waals surface area contributed by atoms with Crippen molar-refractivity contribution in [2.75, 3.05) is 25.0 Å². The fourth-order valence-corrected chi connectivity index (χ4v) is 6.67. The van der Waals surface area contributed by atoms with Gasteiger partial charge in [0.1, 0.15) is 11.5 Å². The molecule has 232 valence electrons. The lowest BCUT2D eigenvalue weighted by atomic mass is 9.83. The number of pyridine rings is 3. The first-order valence-corrected chi connectivity index (χ1v) is 16.2. The molecule has 8 rings (SSSR count). The second kappa shape index (κ2) is 12.1. The van der Waals surface area contributed by atoms with Gasteiger partial charge in [0.15, 0.2) is 5.82 Å². The molecule has 46 heavy (non-hydrogen) atoms. The number of halogens is 1. The Morgan fingerprint density at radius 1 is 0.935 bits per heavy atom. The van der Waals surface area contributed by atoms with Gasteiger partial charge in [-0.05, 0) is 99.5 Å². The number of hydrogen-bond donors (Lipinski definition) is 3. The van der Waals surface area contributed by atoms with E-state index in [2.05, 4.69) is 53.0 Å². The quantitative estimate of drug-likeness (QED) is 0.147. The molecule has 1 saturated heterocycles. The zero-order valence-corrected chi connectivity index (χ0v) is 25.7. The first-order chi connectivity index (χ1) is 22.6. The standard InChI is InChI=1S/C36H36FN9/c1-22(24-7-4-8-24)41-28-15-26(17-38-18-28)31-16-29-32(21-40-31)44-45-35(29)36-42-33-20-39-19-30(34(33)43-36)25-12-23(13-27(37)14-25)6-5-11-46-9-2-3-10-46/h12-21,24,41H,1-11H2,(H,42,43)(H,44,45). The molecule has 9 nitrogen and oxygen atoms in total. The third-order valence-electron chi connectivity index (χ3n) is 9.41. The van der Waals surface area contributed by atoms with E-state index in [4.69, 9.17) is 4.98 Å². The molecular weight excluding hydrogens is 577 g/mol. The van der Waals surface area contributed by atoms with E-state index < -0.39 is 0 Å². The van der Waals surface area contributed by atoms with E-state index in [0.717, 1.165) is 80.7 Å². The van der Waals surface area contributed by atoms with Crippen molar-refractivity contribution >= 4 is 27.6 Å². The zero-order valence-electron chi connectivity index (χ0n) is 25.7. The smallest absolute Gasteiger partial charge is 0.159 e. The van der Waals surface area contributed by atoms with Crippen molar-refractivity contribution in [1.29, 1.82) is 0 Å². The topological polar surface area (TPSA) is 111 Å². The van der Waals surface area contributed by atoms with Crippen molar-refractivity contribution in [2.24, 2.45) is 5.92 Å². The molecule has 1 aromatic carbocycles. The minimum atomic E-state index is -0.249. The van der Waals surface area contributed by atoms with Gasteiger partial charge in [-0.25, -0.2) is 9.37 Å². The van der Waals surface area contributed by atoms with Crippen LogP contribution in [0.2, 0.25) is 0 Å². The van der Waals surface area contributed by atoms with Gasteiger partial charge >= 0.3 is 0 Å². The molecule has 5 aromatic heterocycles. The van der Waals surface area contributed by atoms with Gasteiger partial charge < -0.3 is 15.2 Å². The summed E-state index contributed by atoms with van der Waals surface area (Å²) in [5, 5.41) is 12.0. The van der Waals surface area contributed by atoms with E-state index in [1.54, 1.807) is 30.7 Å². The third-order valence-corrected chi connectivity index (χ3v) is 9.41. The summed E-state index contributed by atoms with van der Waals surface area (Å²) in [7, 11) is 0. The first-order valence-electron chi connectivity index (χ1n) is 16.2. The molecule has 0 atom stereocenters. The van der Waals surface area contributed by atoms with Crippen LogP contribution in [0.5, 0.6) is 0 Å². The molecule has 1 aliphatic heterocycles. The number of nitrogens with zero attached hydrogens (tertiary/aromatic N) is 6.